The third kappa shape index (κ3) is 13.0. The highest BCUT2D eigenvalue weighted by Gasteiger charge is 2.37. The highest BCUT2D eigenvalue weighted by Crippen LogP contribution is 2.36. The molecule has 11 nitrogen and oxygen atoms in total. The zero-order valence-electron chi connectivity index (χ0n) is 27.7. The first-order valence-electron chi connectivity index (χ1n) is 16.1. The normalized spacial score (nSPS) is 11.9. The smallest absolute Gasteiger partial charge is 0.384 e. The molecule has 0 aromatic heterocycles. The van der Waals surface area contributed by atoms with E-state index in [1.54, 1.807) is 24.3 Å². The maximum absolute atomic E-state index is 13.1. The van der Waals surface area contributed by atoms with Gasteiger partial charge in [-0.1, -0.05) is 24.6 Å². The Kier molecular flexibility index (Phi) is 14.7. The lowest BCUT2D eigenvalue weighted by atomic mass is 10.0. The van der Waals surface area contributed by atoms with E-state index in [4.69, 9.17) is 11.1 Å². The molecule has 52 heavy (non-hydrogen) atoms. The summed E-state index contributed by atoms with van der Waals surface area (Å²) in [5.74, 6) is -1.94. The molecule has 0 saturated carbocycles. The number of carbonyl (C=O) groups excluding carboxylic acids is 3. The Morgan fingerprint density at radius 3 is 1.50 bits per heavy atom. The van der Waals surface area contributed by atoms with Crippen molar-refractivity contribution in [3.05, 3.63) is 100 Å². The van der Waals surface area contributed by atoms with Gasteiger partial charge in [-0.05, 0) is 80.6 Å². The number of benzene rings is 3. The third-order valence-corrected chi connectivity index (χ3v) is 9.03. The standard InChI is InChI=1S/C34H38F6N6O5S/c35-33(36,37)26-18-25(19-27(21-26)34(38,39)40)32(49)45-16-5-2-6-17-46-52(50,51)28-9-7-8-24(20-28)31(48)44-15-4-1-3-14-43-30(47)23-12-10-22(11-13-23)29(41)42/h7-13,18-21,46H,1-6,14-17H2,(H3,41,42)(H,43,47)(H,44,48)(H,45,49). The van der Waals surface area contributed by atoms with Crippen LogP contribution >= 0.6 is 0 Å². The molecule has 18 heteroatoms. The van der Waals surface area contributed by atoms with Crippen molar-refractivity contribution in [1.29, 1.82) is 5.41 Å². The van der Waals surface area contributed by atoms with Crippen molar-refractivity contribution in [3.63, 3.8) is 0 Å². The van der Waals surface area contributed by atoms with Crippen LogP contribution in [0, 0.1) is 5.41 Å². The number of sulfonamides is 1. The number of nitrogen functional groups attached to an aromatic ring is 1. The zero-order chi connectivity index (χ0) is 38.5. The Hall–Kier alpha value is -4.97. The highest BCUT2D eigenvalue weighted by molar-refractivity contribution is 7.89. The van der Waals surface area contributed by atoms with Crippen molar-refractivity contribution >= 4 is 33.6 Å². The van der Waals surface area contributed by atoms with Gasteiger partial charge in [-0.15, -0.1) is 0 Å². The molecule has 282 valence electrons. The lowest BCUT2D eigenvalue weighted by molar-refractivity contribution is -0.143. The van der Waals surface area contributed by atoms with E-state index in [1.165, 1.54) is 24.3 Å². The van der Waals surface area contributed by atoms with E-state index in [0.717, 1.165) is 0 Å². The summed E-state index contributed by atoms with van der Waals surface area (Å²) in [7, 11) is -3.99. The number of amidine groups is 1. The van der Waals surface area contributed by atoms with Crippen molar-refractivity contribution in [2.45, 2.75) is 55.8 Å². The summed E-state index contributed by atoms with van der Waals surface area (Å²) in [5, 5.41) is 15.2. The van der Waals surface area contributed by atoms with Gasteiger partial charge in [-0.3, -0.25) is 19.8 Å². The minimum atomic E-state index is -5.09. The Morgan fingerprint density at radius 2 is 1.02 bits per heavy atom. The zero-order valence-corrected chi connectivity index (χ0v) is 28.5. The van der Waals surface area contributed by atoms with Crippen molar-refractivity contribution in [1.82, 2.24) is 20.7 Å². The van der Waals surface area contributed by atoms with Crippen LogP contribution in [0.2, 0.25) is 0 Å². The summed E-state index contributed by atoms with van der Waals surface area (Å²) in [6.45, 7) is 0.657. The molecule has 0 saturated heterocycles. The second kappa shape index (κ2) is 18.5. The molecule has 0 heterocycles. The summed E-state index contributed by atoms with van der Waals surface area (Å²) in [4.78, 5) is 37.0. The molecule has 3 aromatic rings. The number of carbonyl (C=O) groups is 3. The number of nitrogens with one attached hydrogen (secondary N) is 5. The number of amides is 3. The molecule has 0 spiro atoms. The van der Waals surface area contributed by atoms with E-state index in [2.05, 4.69) is 20.7 Å². The van der Waals surface area contributed by atoms with E-state index < -0.39 is 50.9 Å². The van der Waals surface area contributed by atoms with E-state index >= 15 is 0 Å². The molecule has 3 rings (SSSR count). The largest absolute Gasteiger partial charge is 0.416 e. The van der Waals surface area contributed by atoms with Gasteiger partial charge in [-0.25, -0.2) is 13.1 Å². The fourth-order valence-electron chi connectivity index (χ4n) is 4.75. The predicted octanol–water partition coefficient (Wildman–Crippen LogP) is 5.22. The Morgan fingerprint density at radius 1 is 0.577 bits per heavy atom. The molecule has 3 aromatic carbocycles. The Labute approximate surface area is 296 Å². The van der Waals surface area contributed by atoms with Gasteiger partial charge in [0.25, 0.3) is 17.7 Å². The van der Waals surface area contributed by atoms with E-state index in [-0.39, 0.29) is 47.8 Å². The molecule has 0 bridgehead atoms. The molecule has 3 amide bonds. The number of hydrogen-bond acceptors (Lipinski definition) is 6. The van der Waals surface area contributed by atoms with Gasteiger partial charge in [0.1, 0.15) is 5.84 Å². The van der Waals surface area contributed by atoms with Crippen molar-refractivity contribution in [2.75, 3.05) is 26.2 Å². The number of nitrogens with two attached hydrogens (primary N) is 1. The molecule has 0 aliphatic rings. The average Bonchev–Trinajstić information content (AvgIpc) is 3.09. The fourth-order valence-corrected chi connectivity index (χ4v) is 5.87. The molecule has 0 radical (unpaired) electrons. The molecule has 0 aliphatic carbocycles. The molecular weight excluding hydrogens is 718 g/mol. The fraction of sp³-hybridized carbons (Fsp3) is 0.353. The molecule has 7 N–H and O–H groups in total. The topological polar surface area (TPSA) is 183 Å². The van der Waals surface area contributed by atoms with Gasteiger partial charge in [-0.2, -0.15) is 26.3 Å². The van der Waals surface area contributed by atoms with E-state index in [1.807, 2.05) is 0 Å². The van der Waals surface area contributed by atoms with Crippen LogP contribution in [0.3, 0.4) is 0 Å². The van der Waals surface area contributed by atoms with Gasteiger partial charge in [0.05, 0.1) is 16.0 Å². The van der Waals surface area contributed by atoms with Crippen LogP contribution in [-0.4, -0.2) is 58.2 Å². The third-order valence-electron chi connectivity index (χ3n) is 7.57. The van der Waals surface area contributed by atoms with Crippen molar-refractivity contribution in [3.8, 4) is 0 Å². The van der Waals surface area contributed by atoms with Crippen LogP contribution in [0.25, 0.3) is 0 Å². The molecule has 0 unspecified atom stereocenters. The first-order chi connectivity index (χ1) is 24.4. The minimum Gasteiger partial charge on any atom is -0.384 e. The lowest BCUT2D eigenvalue weighted by Gasteiger charge is -2.14. The first-order valence-corrected chi connectivity index (χ1v) is 17.5. The highest BCUT2D eigenvalue weighted by atomic mass is 32.2. The Bertz CT molecular complexity index is 1800. The predicted molar refractivity (Wildman–Crippen MR) is 180 cm³/mol. The minimum absolute atomic E-state index is 0.0120. The number of hydrogen-bond donors (Lipinski definition) is 6. The molecular formula is C34H38F6N6O5S. The van der Waals surface area contributed by atoms with Crippen molar-refractivity contribution in [2.24, 2.45) is 5.73 Å². The summed E-state index contributed by atoms with van der Waals surface area (Å²) in [5.41, 5.74) is 2.49. The van der Waals surface area contributed by atoms with Gasteiger partial charge in [0.2, 0.25) is 10.0 Å². The second-order valence-electron chi connectivity index (χ2n) is 11.6. The number of halogens is 6. The van der Waals surface area contributed by atoms with Gasteiger partial charge in [0.15, 0.2) is 0 Å². The van der Waals surface area contributed by atoms with Crippen LogP contribution in [-0.2, 0) is 22.4 Å². The monoisotopic (exact) mass is 756 g/mol. The number of alkyl halides is 6. The summed E-state index contributed by atoms with van der Waals surface area (Å²) >= 11 is 0. The van der Waals surface area contributed by atoms with Gasteiger partial charge >= 0.3 is 12.4 Å². The molecule has 0 fully saturated rings. The summed E-state index contributed by atoms with van der Waals surface area (Å²) in [6.07, 6.45) is -7.27. The van der Waals surface area contributed by atoms with Crippen LogP contribution in [0.4, 0.5) is 26.3 Å². The van der Waals surface area contributed by atoms with Gasteiger partial charge < -0.3 is 21.7 Å². The first kappa shape index (κ1) is 41.5. The summed E-state index contributed by atoms with van der Waals surface area (Å²) in [6, 6.07) is 12.4. The quantitative estimate of drug-likeness (QED) is 0.0448. The molecule has 0 atom stereocenters. The second-order valence-corrected chi connectivity index (χ2v) is 13.4. The maximum Gasteiger partial charge on any atom is 0.416 e. The van der Waals surface area contributed by atoms with Gasteiger partial charge in [0, 0.05) is 48.4 Å². The SMILES string of the molecule is N=C(N)c1ccc(C(=O)NCCCCCNC(=O)c2cccc(S(=O)(=O)NCCCCCNC(=O)c3cc(C(F)(F)F)cc(C(F)(F)F)c3)c2)cc1. The maximum atomic E-state index is 13.1. The number of rotatable bonds is 18. The van der Waals surface area contributed by atoms with Crippen LogP contribution in [0.5, 0.6) is 0 Å². The molecule has 0 aliphatic heterocycles. The van der Waals surface area contributed by atoms with Crippen molar-refractivity contribution < 1.29 is 49.1 Å². The lowest BCUT2D eigenvalue weighted by Crippen LogP contribution is -2.27. The van der Waals surface area contributed by atoms with E-state index in [0.29, 0.717) is 68.5 Å². The summed E-state index contributed by atoms with van der Waals surface area (Å²) < 4.78 is 106. The van der Waals surface area contributed by atoms with Crippen LogP contribution < -0.4 is 26.4 Å². The van der Waals surface area contributed by atoms with Crippen LogP contribution in [0.15, 0.2) is 71.6 Å². The average molecular weight is 757 g/mol. The number of unbranched alkanes of at least 4 members (excludes halogenated alkanes) is 4. The van der Waals surface area contributed by atoms with Crippen LogP contribution in [0.1, 0.15) is 86.3 Å². The Balaban J connectivity index is 1.34. The van der Waals surface area contributed by atoms with E-state index in [9.17, 15) is 49.1 Å².